The number of aryl methyl sites for hydroxylation is 1. The van der Waals surface area contributed by atoms with Gasteiger partial charge in [0.1, 0.15) is 5.65 Å². The highest BCUT2D eigenvalue weighted by Gasteiger charge is 2.14. The molecule has 3 aromatic rings. The molecular formula is C16H13BrN4O. The van der Waals surface area contributed by atoms with Crippen LogP contribution in [0.4, 0.5) is 0 Å². The standard InChI is InChI=1S/C16H13BrN4O/c1-11-15(19-14-4-2-3-9-21(11)14)16(22)20-18-10-12-5-7-13(17)8-6-12/h2-10H,1H3,(H,20,22)/b18-10-. The molecule has 0 atom stereocenters. The molecule has 1 amide bonds. The zero-order valence-electron chi connectivity index (χ0n) is 11.8. The number of rotatable bonds is 3. The Hall–Kier alpha value is -2.47. The number of hydrogen-bond donors (Lipinski definition) is 1. The van der Waals surface area contributed by atoms with Crippen LogP contribution in [-0.4, -0.2) is 21.5 Å². The molecule has 0 saturated carbocycles. The first-order valence-corrected chi connectivity index (χ1v) is 7.47. The van der Waals surface area contributed by atoms with E-state index in [4.69, 9.17) is 0 Å². The second kappa shape index (κ2) is 6.11. The molecule has 1 aromatic carbocycles. The minimum absolute atomic E-state index is 0.324. The van der Waals surface area contributed by atoms with Gasteiger partial charge in [0.25, 0.3) is 5.91 Å². The minimum Gasteiger partial charge on any atom is -0.304 e. The zero-order chi connectivity index (χ0) is 15.5. The first kappa shape index (κ1) is 14.5. The average Bonchev–Trinajstić information content (AvgIpc) is 2.87. The van der Waals surface area contributed by atoms with Crippen LogP contribution in [0, 0.1) is 6.92 Å². The van der Waals surface area contributed by atoms with E-state index in [2.05, 4.69) is 31.4 Å². The van der Waals surface area contributed by atoms with Gasteiger partial charge in [-0.25, -0.2) is 10.4 Å². The molecule has 110 valence electrons. The Morgan fingerprint density at radius 1 is 1.27 bits per heavy atom. The van der Waals surface area contributed by atoms with E-state index in [1.165, 1.54) is 0 Å². The van der Waals surface area contributed by atoms with Gasteiger partial charge in [-0.3, -0.25) is 4.79 Å². The fourth-order valence-electron chi connectivity index (χ4n) is 2.10. The lowest BCUT2D eigenvalue weighted by Gasteiger charge is -1.98. The number of aromatic nitrogens is 2. The number of halogens is 1. The third kappa shape index (κ3) is 2.92. The maximum absolute atomic E-state index is 12.2. The summed E-state index contributed by atoms with van der Waals surface area (Å²) in [6.07, 6.45) is 3.47. The fraction of sp³-hybridized carbons (Fsp3) is 0.0625. The molecule has 22 heavy (non-hydrogen) atoms. The average molecular weight is 357 g/mol. The van der Waals surface area contributed by atoms with Crippen molar-refractivity contribution in [2.24, 2.45) is 5.10 Å². The van der Waals surface area contributed by atoms with E-state index in [0.717, 1.165) is 21.4 Å². The van der Waals surface area contributed by atoms with Gasteiger partial charge < -0.3 is 4.40 Å². The lowest BCUT2D eigenvalue weighted by molar-refractivity contribution is 0.0950. The van der Waals surface area contributed by atoms with Crippen LogP contribution < -0.4 is 5.43 Å². The van der Waals surface area contributed by atoms with Gasteiger partial charge in [-0.2, -0.15) is 5.10 Å². The summed E-state index contributed by atoms with van der Waals surface area (Å²) in [5, 5.41) is 3.97. The maximum atomic E-state index is 12.2. The van der Waals surface area contributed by atoms with E-state index in [1.54, 1.807) is 6.21 Å². The van der Waals surface area contributed by atoms with Crippen LogP contribution in [0.25, 0.3) is 5.65 Å². The Morgan fingerprint density at radius 2 is 2.05 bits per heavy atom. The van der Waals surface area contributed by atoms with E-state index >= 15 is 0 Å². The second-order valence-corrected chi connectivity index (χ2v) is 5.64. The molecule has 2 heterocycles. The van der Waals surface area contributed by atoms with E-state index in [9.17, 15) is 4.79 Å². The van der Waals surface area contributed by atoms with Gasteiger partial charge in [0, 0.05) is 10.7 Å². The van der Waals surface area contributed by atoms with Crippen molar-refractivity contribution in [2.75, 3.05) is 0 Å². The second-order valence-electron chi connectivity index (χ2n) is 4.73. The first-order chi connectivity index (χ1) is 10.6. The number of nitrogens with zero attached hydrogens (tertiary/aromatic N) is 3. The molecule has 1 N–H and O–H groups in total. The van der Waals surface area contributed by atoms with Crippen LogP contribution in [0.1, 0.15) is 21.7 Å². The largest absolute Gasteiger partial charge is 0.304 e. The van der Waals surface area contributed by atoms with E-state index in [1.807, 2.05) is 60.0 Å². The van der Waals surface area contributed by atoms with E-state index in [0.29, 0.717) is 5.69 Å². The van der Waals surface area contributed by atoms with Crippen LogP contribution in [0.5, 0.6) is 0 Å². The smallest absolute Gasteiger partial charge is 0.291 e. The van der Waals surface area contributed by atoms with Crippen LogP contribution in [0.15, 0.2) is 58.2 Å². The number of benzene rings is 1. The summed E-state index contributed by atoms with van der Waals surface area (Å²) >= 11 is 3.37. The highest BCUT2D eigenvalue weighted by Crippen LogP contribution is 2.11. The lowest BCUT2D eigenvalue weighted by atomic mass is 10.2. The summed E-state index contributed by atoms with van der Waals surface area (Å²) in [4.78, 5) is 16.5. The van der Waals surface area contributed by atoms with Gasteiger partial charge in [0.05, 0.1) is 11.9 Å². The quantitative estimate of drug-likeness (QED) is 0.578. The SMILES string of the molecule is Cc1c(C(=O)N/N=C\c2ccc(Br)cc2)nc2ccccn12. The molecule has 0 bridgehead atoms. The molecule has 2 aromatic heterocycles. The number of imidazole rings is 1. The summed E-state index contributed by atoms with van der Waals surface area (Å²) in [6, 6.07) is 13.3. The number of carbonyl (C=O) groups is 1. The summed E-state index contributed by atoms with van der Waals surface area (Å²) in [7, 11) is 0. The normalized spacial score (nSPS) is 11.2. The molecule has 5 nitrogen and oxygen atoms in total. The third-order valence-corrected chi connectivity index (χ3v) is 3.76. The topological polar surface area (TPSA) is 58.8 Å². The van der Waals surface area contributed by atoms with Gasteiger partial charge in [-0.1, -0.05) is 34.1 Å². The first-order valence-electron chi connectivity index (χ1n) is 6.68. The monoisotopic (exact) mass is 356 g/mol. The van der Waals surface area contributed by atoms with Gasteiger partial charge in [0.15, 0.2) is 5.69 Å². The fourth-order valence-corrected chi connectivity index (χ4v) is 2.36. The van der Waals surface area contributed by atoms with Crippen LogP contribution in [0.3, 0.4) is 0 Å². The van der Waals surface area contributed by atoms with Crippen molar-refractivity contribution in [3.8, 4) is 0 Å². The predicted molar refractivity (Wildman–Crippen MR) is 89.1 cm³/mol. The highest BCUT2D eigenvalue weighted by molar-refractivity contribution is 9.10. The Kier molecular flexibility index (Phi) is 4.02. The minimum atomic E-state index is -0.324. The summed E-state index contributed by atoms with van der Waals surface area (Å²) in [5.74, 6) is -0.324. The Labute approximate surface area is 135 Å². The number of pyridine rings is 1. The van der Waals surface area contributed by atoms with Gasteiger partial charge in [-0.15, -0.1) is 0 Å². The molecule has 0 saturated heterocycles. The van der Waals surface area contributed by atoms with Gasteiger partial charge in [0.2, 0.25) is 0 Å². The highest BCUT2D eigenvalue weighted by atomic mass is 79.9. The number of fused-ring (bicyclic) bond motifs is 1. The van der Waals surface area contributed by atoms with Gasteiger partial charge >= 0.3 is 0 Å². The molecule has 0 aliphatic carbocycles. The third-order valence-electron chi connectivity index (χ3n) is 3.23. The molecule has 3 rings (SSSR count). The molecule has 0 radical (unpaired) electrons. The molecule has 0 aliphatic heterocycles. The van der Waals surface area contributed by atoms with Crippen molar-refractivity contribution in [3.05, 3.63) is 70.1 Å². The molecule has 6 heteroatoms. The summed E-state index contributed by atoms with van der Waals surface area (Å²) in [5.41, 5.74) is 5.30. The Balaban J connectivity index is 1.76. The lowest BCUT2D eigenvalue weighted by Crippen LogP contribution is -2.19. The Morgan fingerprint density at radius 3 is 2.77 bits per heavy atom. The number of carbonyl (C=O) groups excluding carboxylic acids is 1. The van der Waals surface area contributed by atoms with Crippen molar-refractivity contribution >= 4 is 33.7 Å². The van der Waals surface area contributed by atoms with E-state index < -0.39 is 0 Å². The number of amides is 1. The van der Waals surface area contributed by atoms with Gasteiger partial charge in [-0.05, 0) is 36.8 Å². The molecular weight excluding hydrogens is 344 g/mol. The summed E-state index contributed by atoms with van der Waals surface area (Å²) in [6.45, 7) is 1.85. The van der Waals surface area contributed by atoms with Crippen molar-refractivity contribution in [3.63, 3.8) is 0 Å². The number of hydrogen-bond acceptors (Lipinski definition) is 3. The molecule has 0 unspecified atom stereocenters. The van der Waals surface area contributed by atoms with Crippen molar-refractivity contribution < 1.29 is 4.79 Å². The van der Waals surface area contributed by atoms with Crippen molar-refractivity contribution in [2.45, 2.75) is 6.92 Å². The van der Waals surface area contributed by atoms with Crippen LogP contribution in [0.2, 0.25) is 0 Å². The number of nitrogens with one attached hydrogen (secondary N) is 1. The van der Waals surface area contributed by atoms with Crippen molar-refractivity contribution in [1.82, 2.24) is 14.8 Å². The predicted octanol–water partition coefficient (Wildman–Crippen LogP) is 3.17. The van der Waals surface area contributed by atoms with Crippen molar-refractivity contribution in [1.29, 1.82) is 0 Å². The number of hydrazone groups is 1. The summed E-state index contributed by atoms with van der Waals surface area (Å²) < 4.78 is 2.86. The van der Waals surface area contributed by atoms with Crippen LogP contribution in [-0.2, 0) is 0 Å². The Bertz CT molecular complexity index is 852. The molecule has 0 aliphatic rings. The van der Waals surface area contributed by atoms with Crippen LogP contribution >= 0.6 is 15.9 Å². The maximum Gasteiger partial charge on any atom is 0.291 e. The zero-order valence-corrected chi connectivity index (χ0v) is 13.4. The van der Waals surface area contributed by atoms with E-state index in [-0.39, 0.29) is 5.91 Å². The molecule has 0 fully saturated rings. The molecule has 0 spiro atoms.